The fourth-order valence-electron chi connectivity index (χ4n) is 3.11. The number of hydrogen-bond acceptors (Lipinski definition) is 5. The molecule has 0 aliphatic carbocycles. The Hall–Kier alpha value is -2.39. The van der Waals surface area contributed by atoms with Crippen LogP contribution in [0.4, 0.5) is 0 Å². The van der Waals surface area contributed by atoms with Gasteiger partial charge in [-0.2, -0.15) is 0 Å². The Kier molecular flexibility index (Phi) is 5.58. The Morgan fingerprint density at radius 2 is 2.31 bits per heavy atom. The van der Waals surface area contributed by atoms with Crippen molar-refractivity contribution in [3.8, 4) is 5.75 Å². The molecule has 1 aromatic carbocycles. The molecule has 1 saturated heterocycles. The highest BCUT2D eigenvalue weighted by molar-refractivity contribution is 6.46. The topological polar surface area (TPSA) is 118 Å². The molecule has 26 heavy (non-hydrogen) atoms. The fraction of sp³-hybridized carbons (Fsp3) is 0.471. The number of benzene rings is 1. The molecular weight excluding hydrogens is 335 g/mol. The number of nitrogens with zero attached hydrogens (tertiary/aromatic N) is 2. The average molecular weight is 358 g/mol. The summed E-state index contributed by atoms with van der Waals surface area (Å²) in [6, 6.07) is 5.41. The van der Waals surface area contributed by atoms with Gasteiger partial charge in [0.25, 0.3) is 0 Å². The van der Waals surface area contributed by atoms with E-state index in [2.05, 4.69) is 10.3 Å². The third kappa shape index (κ3) is 3.73. The van der Waals surface area contributed by atoms with E-state index < -0.39 is 13.1 Å². The molecule has 3 rings (SSSR count). The monoisotopic (exact) mass is 358 g/mol. The molecule has 0 radical (unpaired) electrons. The lowest BCUT2D eigenvalue weighted by Crippen LogP contribution is -2.60. The van der Waals surface area contributed by atoms with Gasteiger partial charge in [-0.3, -0.25) is 10.2 Å². The van der Waals surface area contributed by atoms with Crippen molar-refractivity contribution < 1.29 is 19.6 Å². The molecule has 1 unspecified atom stereocenters. The van der Waals surface area contributed by atoms with Gasteiger partial charge in [-0.1, -0.05) is 25.1 Å². The molecule has 0 bridgehead atoms. The van der Waals surface area contributed by atoms with Crippen LogP contribution in [-0.2, 0) is 17.8 Å². The van der Waals surface area contributed by atoms with Crippen LogP contribution in [-0.4, -0.2) is 59.3 Å². The zero-order valence-electron chi connectivity index (χ0n) is 14.7. The lowest BCUT2D eigenvalue weighted by molar-refractivity contribution is -0.129. The number of nitrogens with one attached hydrogen (secondary N) is 2. The van der Waals surface area contributed by atoms with Gasteiger partial charge in [0.15, 0.2) is 0 Å². The second-order valence-corrected chi connectivity index (χ2v) is 6.54. The molecule has 1 fully saturated rings. The van der Waals surface area contributed by atoms with Crippen molar-refractivity contribution in [2.24, 2.45) is 10.9 Å². The van der Waals surface area contributed by atoms with E-state index in [4.69, 9.17) is 10.1 Å². The molecule has 0 saturated carbocycles. The van der Waals surface area contributed by atoms with Gasteiger partial charge in [-0.15, -0.1) is 0 Å². The summed E-state index contributed by atoms with van der Waals surface area (Å²) >= 11 is 0. The maximum atomic E-state index is 12.4. The van der Waals surface area contributed by atoms with Crippen molar-refractivity contribution in [1.82, 2.24) is 10.2 Å². The van der Waals surface area contributed by atoms with Crippen LogP contribution in [0, 0.1) is 11.3 Å². The summed E-state index contributed by atoms with van der Waals surface area (Å²) in [7, 11) is -1.16. The number of amides is 1. The van der Waals surface area contributed by atoms with Crippen molar-refractivity contribution in [3.63, 3.8) is 0 Å². The predicted octanol–water partition coefficient (Wildman–Crippen LogP) is -0.0343. The molecule has 1 atom stereocenters. The van der Waals surface area contributed by atoms with Crippen molar-refractivity contribution >= 4 is 25.2 Å². The number of rotatable bonds is 4. The highest BCUT2D eigenvalue weighted by Gasteiger charge is 2.40. The van der Waals surface area contributed by atoms with E-state index in [1.54, 1.807) is 17.2 Å². The summed E-state index contributed by atoms with van der Waals surface area (Å²) in [5.41, 5.74) is 1.46. The van der Waals surface area contributed by atoms with Gasteiger partial charge in [0, 0.05) is 24.9 Å². The van der Waals surface area contributed by atoms with Crippen LogP contribution in [0.15, 0.2) is 23.2 Å². The number of aliphatic hydroxyl groups excluding tert-OH is 1. The molecular formula is C17H23BN4O4. The number of hydrogen-bond donors (Lipinski definition) is 4. The van der Waals surface area contributed by atoms with Crippen LogP contribution in [0.1, 0.15) is 24.5 Å². The van der Waals surface area contributed by atoms with Crippen LogP contribution in [0.2, 0.25) is 0 Å². The largest absolute Gasteiger partial charge is 0.547 e. The number of carbonyl (C=O) groups excluding carboxylic acids is 1. The van der Waals surface area contributed by atoms with Gasteiger partial charge in [0.05, 0.1) is 18.5 Å². The molecule has 2 aliphatic heterocycles. The first kappa shape index (κ1) is 18.4. The van der Waals surface area contributed by atoms with Gasteiger partial charge in [-0.25, -0.2) is 4.99 Å². The number of carbonyl (C=O) groups is 1. The lowest BCUT2D eigenvalue weighted by atomic mass is 9.72. The Balaban J connectivity index is 1.56. The van der Waals surface area contributed by atoms with E-state index in [-0.39, 0.29) is 24.4 Å². The maximum absolute atomic E-state index is 12.4. The standard InChI is InChI=1S/C17H23BN4O4/c1-2-6-20-17(19)22-8-13(9-22)16(24)21-14-7-11-4-3-5-12(10-23)15(11)26-18(14)25/h3-6,13-14,19,23,25H,2,7-10H2,1H3,(H,21,24). The first-order valence-corrected chi connectivity index (χ1v) is 8.76. The number of guanidine groups is 1. The Morgan fingerprint density at radius 1 is 1.54 bits per heavy atom. The normalized spacial score (nSPS) is 19.7. The van der Waals surface area contributed by atoms with Gasteiger partial charge in [-0.05, 0) is 18.4 Å². The Labute approximate surface area is 152 Å². The quantitative estimate of drug-likeness (QED) is 0.342. The smallest absolute Gasteiger partial charge is 0.534 e. The van der Waals surface area contributed by atoms with E-state index in [1.165, 1.54) is 0 Å². The van der Waals surface area contributed by atoms with E-state index in [1.807, 2.05) is 19.1 Å². The van der Waals surface area contributed by atoms with Crippen molar-refractivity contribution in [2.45, 2.75) is 32.3 Å². The lowest BCUT2D eigenvalue weighted by Gasteiger charge is -2.39. The summed E-state index contributed by atoms with van der Waals surface area (Å²) < 4.78 is 5.52. The minimum absolute atomic E-state index is 0.164. The van der Waals surface area contributed by atoms with Crippen LogP contribution in [0.3, 0.4) is 0 Å². The van der Waals surface area contributed by atoms with Gasteiger partial charge < -0.3 is 25.0 Å². The molecule has 2 aliphatic rings. The van der Waals surface area contributed by atoms with Gasteiger partial charge >= 0.3 is 7.12 Å². The van der Waals surface area contributed by atoms with Crippen LogP contribution in [0.25, 0.3) is 0 Å². The average Bonchev–Trinajstić information content (AvgIpc) is 2.58. The number of aliphatic imine (C=N–C) groups is 1. The van der Waals surface area contributed by atoms with E-state index in [0.29, 0.717) is 30.8 Å². The predicted molar refractivity (Wildman–Crippen MR) is 98.2 cm³/mol. The molecule has 8 nitrogen and oxygen atoms in total. The summed E-state index contributed by atoms with van der Waals surface area (Å²) in [5.74, 6) is -0.282. The van der Waals surface area contributed by atoms with Gasteiger partial charge in [0.1, 0.15) is 5.75 Å². The van der Waals surface area contributed by atoms with E-state index in [9.17, 15) is 14.9 Å². The SMILES string of the molecule is CCC=NC(=N)N1CC(C(=O)NC2Cc3cccc(CO)c3OB2O)C1. The zero-order valence-corrected chi connectivity index (χ0v) is 14.7. The molecule has 9 heteroatoms. The van der Waals surface area contributed by atoms with Crippen LogP contribution >= 0.6 is 0 Å². The molecule has 1 aromatic rings. The molecule has 2 heterocycles. The number of likely N-dealkylation sites (tertiary alicyclic amines) is 1. The minimum Gasteiger partial charge on any atom is -0.534 e. The number of fused-ring (bicyclic) bond motifs is 1. The van der Waals surface area contributed by atoms with Crippen molar-refractivity contribution in [2.75, 3.05) is 13.1 Å². The summed E-state index contributed by atoms with van der Waals surface area (Å²) in [6.45, 7) is 2.67. The van der Waals surface area contributed by atoms with Crippen molar-refractivity contribution in [1.29, 1.82) is 5.41 Å². The van der Waals surface area contributed by atoms with Crippen LogP contribution in [0.5, 0.6) is 5.75 Å². The van der Waals surface area contributed by atoms with E-state index in [0.717, 1.165) is 12.0 Å². The van der Waals surface area contributed by atoms with E-state index >= 15 is 0 Å². The number of para-hydroxylation sites is 1. The first-order valence-electron chi connectivity index (χ1n) is 8.76. The molecule has 4 N–H and O–H groups in total. The third-order valence-corrected chi connectivity index (χ3v) is 4.65. The first-order chi connectivity index (χ1) is 12.5. The second kappa shape index (κ2) is 7.88. The zero-order chi connectivity index (χ0) is 18.7. The molecule has 0 aromatic heterocycles. The Morgan fingerprint density at radius 3 is 3.00 bits per heavy atom. The molecule has 0 spiro atoms. The maximum Gasteiger partial charge on any atom is 0.547 e. The summed E-state index contributed by atoms with van der Waals surface area (Å²) in [6.07, 6.45) is 2.87. The minimum atomic E-state index is -1.16. The highest BCUT2D eigenvalue weighted by Crippen LogP contribution is 2.30. The highest BCUT2D eigenvalue weighted by atomic mass is 16.5. The van der Waals surface area contributed by atoms with Crippen LogP contribution < -0.4 is 9.97 Å². The van der Waals surface area contributed by atoms with Gasteiger partial charge in [0.2, 0.25) is 11.9 Å². The number of aliphatic hydroxyl groups is 1. The summed E-state index contributed by atoms with van der Waals surface area (Å²) in [5, 5.41) is 30.2. The molecule has 138 valence electrons. The molecule has 1 amide bonds. The Bertz CT molecular complexity index is 721. The second-order valence-electron chi connectivity index (χ2n) is 6.54. The fourth-order valence-corrected chi connectivity index (χ4v) is 3.11. The third-order valence-electron chi connectivity index (χ3n) is 4.65. The van der Waals surface area contributed by atoms with Crippen molar-refractivity contribution in [3.05, 3.63) is 29.3 Å². The summed E-state index contributed by atoms with van der Waals surface area (Å²) in [4.78, 5) is 18.1.